The molecule has 1 amide bonds. The third kappa shape index (κ3) is 4.53. The highest BCUT2D eigenvalue weighted by Gasteiger charge is 2.79. The predicted molar refractivity (Wildman–Crippen MR) is 152 cm³/mol. The molecule has 7 rings (SSSR count). The third-order valence-electron chi connectivity index (χ3n) is 8.38. The minimum absolute atomic E-state index is 0.0495. The monoisotopic (exact) mass is 571 g/mol. The number of imidazole rings is 1. The number of carbonyl (C=O) groups excluding carboxylic acids is 1. The Balaban J connectivity index is 1.23. The number of nitrogens with one attached hydrogen (secondary N) is 2. The normalized spacial score (nSPS) is 25.5. The number of hydrogen-bond donors (Lipinski definition) is 2. The van der Waals surface area contributed by atoms with Gasteiger partial charge in [0.2, 0.25) is 11.9 Å². The number of aromatic amines is 1. The van der Waals surface area contributed by atoms with Crippen molar-refractivity contribution in [3.05, 3.63) is 88.5 Å². The fraction of sp³-hybridized carbons (Fsp3) is 0.419. The topological polar surface area (TPSA) is 130 Å². The molecular formula is C31H33N5O6. The number of nitrogens with zero attached hydrogens (tertiary/aromatic N) is 3. The molecule has 1 aliphatic carbocycles. The van der Waals surface area contributed by atoms with Gasteiger partial charge in [-0.25, -0.2) is 4.98 Å². The molecule has 4 heterocycles. The SMILES string of the molecule is CC(C)C(=O)Nc1nc2c(ncn2[C@@H]2O[C@]3(COCc4ccccc4)C(OCc4ccccc4)C2OC32CC2)c(=O)[nH]1. The van der Waals surface area contributed by atoms with E-state index < -0.39 is 35.2 Å². The summed E-state index contributed by atoms with van der Waals surface area (Å²) in [5.41, 5.74) is 0.677. The summed E-state index contributed by atoms with van der Waals surface area (Å²) >= 11 is 0. The molecule has 2 aliphatic heterocycles. The van der Waals surface area contributed by atoms with E-state index in [0.29, 0.717) is 13.2 Å². The van der Waals surface area contributed by atoms with Crippen molar-refractivity contribution in [3.8, 4) is 0 Å². The Hall–Kier alpha value is -3.90. The van der Waals surface area contributed by atoms with Crippen LogP contribution in [0.3, 0.4) is 0 Å². The maximum Gasteiger partial charge on any atom is 0.280 e. The van der Waals surface area contributed by atoms with E-state index >= 15 is 0 Å². The number of ether oxygens (including phenoxy) is 4. The Labute approximate surface area is 242 Å². The molecule has 3 aliphatic rings. The molecule has 2 aromatic heterocycles. The number of H-pyrrole nitrogens is 1. The summed E-state index contributed by atoms with van der Waals surface area (Å²) in [6, 6.07) is 20.0. The second-order valence-electron chi connectivity index (χ2n) is 11.6. The van der Waals surface area contributed by atoms with Gasteiger partial charge in [0.25, 0.3) is 5.56 Å². The van der Waals surface area contributed by atoms with Crippen LogP contribution in [0.2, 0.25) is 0 Å². The van der Waals surface area contributed by atoms with Crippen LogP contribution in [0.4, 0.5) is 5.95 Å². The Morgan fingerprint density at radius 3 is 2.43 bits per heavy atom. The van der Waals surface area contributed by atoms with Gasteiger partial charge in [0.05, 0.1) is 26.1 Å². The average Bonchev–Trinajstić information content (AvgIpc) is 3.43. The van der Waals surface area contributed by atoms with Crippen LogP contribution >= 0.6 is 0 Å². The number of anilines is 1. The van der Waals surface area contributed by atoms with Crippen LogP contribution in [0.5, 0.6) is 0 Å². The van der Waals surface area contributed by atoms with Gasteiger partial charge >= 0.3 is 0 Å². The lowest BCUT2D eigenvalue weighted by Gasteiger charge is -2.38. The molecule has 2 aromatic carbocycles. The van der Waals surface area contributed by atoms with Crippen molar-refractivity contribution in [1.82, 2.24) is 19.5 Å². The zero-order chi connectivity index (χ0) is 28.9. The van der Waals surface area contributed by atoms with Crippen LogP contribution in [0.15, 0.2) is 71.8 Å². The van der Waals surface area contributed by atoms with E-state index in [1.165, 1.54) is 6.33 Å². The Morgan fingerprint density at radius 2 is 1.76 bits per heavy atom. The minimum Gasteiger partial charge on any atom is -0.374 e. The van der Waals surface area contributed by atoms with Gasteiger partial charge < -0.3 is 18.9 Å². The molecule has 2 N–H and O–H groups in total. The number of amides is 1. The highest BCUT2D eigenvalue weighted by Crippen LogP contribution is 2.65. The molecule has 1 spiro atoms. The van der Waals surface area contributed by atoms with Gasteiger partial charge in [-0.15, -0.1) is 0 Å². The molecule has 42 heavy (non-hydrogen) atoms. The number of rotatable bonds is 10. The fourth-order valence-electron chi connectivity index (χ4n) is 6.05. The first kappa shape index (κ1) is 27.0. The van der Waals surface area contributed by atoms with Crippen molar-refractivity contribution in [2.24, 2.45) is 5.92 Å². The Morgan fingerprint density at radius 1 is 1.07 bits per heavy atom. The van der Waals surface area contributed by atoms with Crippen LogP contribution in [-0.2, 0) is 37.0 Å². The smallest absolute Gasteiger partial charge is 0.280 e. The quantitative estimate of drug-likeness (QED) is 0.295. The zero-order valence-corrected chi connectivity index (χ0v) is 23.5. The largest absolute Gasteiger partial charge is 0.374 e. The van der Waals surface area contributed by atoms with Crippen molar-refractivity contribution in [2.45, 2.75) is 69.5 Å². The van der Waals surface area contributed by atoms with Gasteiger partial charge in [-0.2, -0.15) is 4.98 Å². The van der Waals surface area contributed by atoms with E-state index in [-0.39, 0.29) is 35.5 Å². The first-order chi connectivity index (χ1) is 20.4. The molecular weight excluding hydrogens is 538 g/mol. The average molecular weight is 572 g/mol. The van der Waals surface area contributed by atoms with Crippen molar-refractivity contribution in [3.63, 3.8) is 0 Å². The van der Waals surface area contributed by atoms with Crippen LogP contribution in [0.25, 0.3) is 11.2 Å². The molecule has 3 fully saturated rings. The van der Waals surface area contributed by atoms with Crippen LogP contribution in [-0.4, -0.2) is 55.4 Å². The lowest BCUT2D eigenvalue weighted by Crippen LogP contribution is -2.53. The van der Waals surface area contributed by atoms with E-state index in [1.54, 1.807) is 18.4 Å². The van der Waals surface area contributed by atoms with Gasteiger partial charge in [-0.05, 0) is 24.0 Å². The Kier molecular flexibility index (Phi) is 6.69. The summed E-state index contributed by atoms with van der Waals surface area (Å²) < 4.78 is 28.3. The molecule has 2 unspecified atom stereocenters. The summed E-state index contributed by atoms with van der Waals surface area (Å²) in [6.45, 7) is 4.60. The van der Waals surface area contributed by atoms with Crippen LogP contribution < -0.4 is 10.9 Å². The number of fused-ring (bicyclic) bond motifs is 4. The zero-order valence-electron chi connectivity index (χ0n) is 23.5. The van der Waals surface area contributed by atoms with Gasteiger partial charge in [-0.3, -0.25) is 24.5 Å². The molecule has 0 radical (unpaired) electrons. The van der Waals surface area contributed by atoms with Crippen molar-refractivity contribution < 1.29 is 23.7 Å². The number of carbonyl (C=O) groups is 1. The van der Waals surface area contributed by atoms with Gasteiger partial charge in [-0.1, -0.05) is 74.5 Å². The molecule has 2 bridgehead atoms. The number of aromatic nitrogens is 4. The standard InChI is InChI=1S/C31H33N5O6/c1-19(2)26(37)34-29-33-25-22(27(38)35-29)32-18-36(25)28-23-24(40-16-21-11-7-4-8-12-21)31(42-28,30(41-23)13-14-30)17-39-15-20-9-5-3-6-10-20/h3-12,18-19,23-24,28H,13-17H2,1-2H3,(H2,33,34,35,37,38)/t23?,24?,28-,31-/m1/s1. The van der Waals surface area contributed by atoms with Crippen LogP contribution in [0.1, 0.15) is 44.0 Å². The number of benzene rings is 2. The summed E-state index contributed by atoms with van der Waals surface area (Å²) in [5, 5.41) is 2.67. The van der Waals surface area contributed by atoms with Gasteiger partial charge in [0.1, 0.15) is 17.8 Å². The summed E-state index contributed by atoms with van der Waals surface area (Å²) in [7, 11) is 0. The lowest BCUT2D eigenvalue weighted by molar-refractivity contribution is -0.241. The second-order valence-corrected chi connectivity index (χ2v) is 11.6. The Bertz CT molecular complexity index is 1650. The van der Waals surface area contributed by atoms with Crippen molar-refractivity contribution in [1.29, 1.82) is 0 Å². The minimum atomic E-state index is -0.877. The number of hydrogen-bond acceptors (Lipinski definition) is 8. The highest BCUT2D eigenvalue weighted by atomic mass is 16.7. The summed E-state index contributed by atoms with van der Waals surface area (Å²) in [4.78, 5) is 36.7. The summed E-state index contributed by atoms with van der Waals surface area (Å²) in [5.74, 6) is -0.498. The highest BCUT2D eigenvalue weighted by molar-refractivity contribution is 5.91. The third-order valence-corrected chi connectivity index (χ3v) is 8.38. The molecule has 4 aromatic rings. The first-order valence-electron chi connectivity index (χ1n) is 14.3. The van der Waals surface area contributed by atoms with Crippen molar-refractivity contribution in [2.75, 3.05) is 11.9 Å². The molecule has 218 valence electrons. The molecule has 11 nitrogen and oxygen atoms in total. The molecule has 2 saturated heterocycles. The lowest BCUT2D eigenvalue weighted by atomic mass is 9.91. The van der Waals surface area contributed by atoms with Gasteiger partial charge in [0, 0.05) is 5.92 Å². The van der Waals surface area contributed by atoms with E-state index in [1.807, 2.05) is 60.7 Å². The fourth-order valence-corrected chi connectivity index (χ4v) is 6.05. The van der Waals surface area contributed by atoms with E-state index in [2.05, 4.69) is 20.3 Å². The van der Waals surface area contributed by atoms with Crippen molar-refractivity contribution >= 4 is 23.0 Å². The maximum absolute atomic E-state index is 12.9. The molecule has 4 atom stereocenters. The predicted octanol–water partition coefficient (Wildman–Crippen LogP) is 3.72. The van der Waals surface area contributed by atoms with E-state index in [4.69, 9.17) is 18.9 Å². The first-order valence-corrected chi connectivity index (χ1v) is 14.3. The van der Waals surface area contributed by atoms with E-state index in [0.717, 1.165) is 24.0 Å². The van der Waals surface area contributed by atoms with Crippen LogP contribution in [0, 0.1) is 5.92 Å². The second kappa shape index (κ2) is 10.4. The summed E-state index contributed by atoms with van der Waals surface area (Å²) in [6.07, 6.45) is 1.59. The molecule has 11 heteroatoms. The maximum atomic E-state index is 12.9. The van der Waals surface area contributed by atoms with Gasteiger partial charge in [0.15, 0.2) is 23.0 Å². The van der Waals surface area contributed by atoms with E-state index in [9.17, 15) is 9.59 Å². The molecule has 1 saturated carbocycles.